The zero-order chi connectivity index (χ0) is 36.4. The Balaban J connectivity index is 1.47. The fourth-order valence-corrected chi connectivity index (χ4v) is 12.1. The first-order valence-corrected chi connectivity index (χ1v) is 19.3. The van der Waals surface area contributed by atoms with E-state index in [1.807, 2.05) is 93.6 Å². The lowest BCUT2D eigenvalue weighted by atomic mass is 9.70. The lowest BCUT2D eigenvalue weighted by Gasteiger charge is -2.40. The van der Waals surface area contributed by atoms with Gasteiger partial charge in [-0.1, -0.05) is 76.6 Å². The van der Waals surface area contributed by atoms with Gasteiger partial charge in [-0.2, -0.15) is 0 Å². The maximum atomic E-state index is 15.4. The van der Waals surface area contributed by atoms with Gasteiger partial charge in [0.15, 0.2) is 0 Å². The lowest BCUT2D eigenvalue weighted by molar-refractivity contribution is -0.141. The number of anilines is 2. The monoisotopic (exact) mass is 771 g/mol. The number of hydrogen-bond acceptors (Lipinski definition) is 6. The van der Waals surface area contributed by atoms with Gasteiger partial charge in [0.25, 0.3) is 5.91 Å². The number of ether oxygens (including phenoxy) is 1. The summed E-state index contributed by atoms with van der Waals surface area (Å²) in [7, 11) is 0. The van der Waals surface area contributed by atoms with Crippen molar-refractivity contribution >= 4 is 56.8 Å². The number of aliphatic hydroxyl groups excluding tert-OH is 1. The predicted octanol–water partition coefficient (Wildman–Crippen LogP) is 6.51. The zero-order valence-electron chi connectivity index (χ0n) is 29.4. The standard InChI is InChI=1S/C41H46BrN3O5S/c1-6-21-43(29-17-19-31(20-18-29)50-8-3)38(47)33-34-39(48)45(30(25-46)23-28-15-10-9-11-16-28)37(41(34)24-32(42)36(33)51-41)40(49)44(22-7-2)35-26(4)13-12-14-27(35)5/h6-7,9-20,30,32-34,36-37,46H,1-2,8,21-25H2,3-5H3/t30-,32?,33-,34+,36-,37?,41?/m1/s1. The molecular formula is C41H46BrN3O5S. The molecule has 3 aromatic carbocycles. The number of para-hydroxylation sites is 1. The fourth-order valence-electron chi connectivity index (χ4n) is 8.48. The first-order chi connectivity index (χ1) is 24.6. The Morgan fingerprint density at radius 2 is 1.65 bits per heavy atom. The van der Waals surface area contributed by atoms with E-state index in [1.165, 1.54) is 0 Å². The summed E-state index contributed by atoms with van der Waals surface area (Å²) < 4.78 is 4.73. The summed E-state index contributed by atoms with van der Waals surface area (Å²) in [6.45, 7) is 14.5. The molecule has 3 saturated heterocycles. The highest BCUT2D eigenvalue weighted by Crippen LogP contribution is 2.68. The van der Waals surface area contributed by atoms with E-state index in [1.54, 1.807) is 38.6 Å². The molecule has 0 aliphatic carbocycles. The van der Waals surface area contributed by atoms with Crippen LogP contribution in [-0.4, -0.2) is 80.9 Å². The number of nitrogens with zero attached hydrogens (tertiary/aromatic N) is 3. The molecule has 51 heavy (non-hydrogen) atoms. The van der Waals surface area contributed by atoms with Crippen LogP contribution in [0.1, 0.15) is 30.0 Å². The molecule has 7 atom stereocenters. The Morgan fingerprint density at radius 1 is 1.00 bits per heavy atom. The van der Waals surface area contributed by atoms with Crippen molar-refractivity contribution < 1.29 is 24.2 Å². The molecule has 1 N–H and O–H groups in total. The van der Waals surface area contributed by atoms with Crippen LogP contribution in [0.5, 0.6) is 5.75 Å². The van der Waals surface area contributed by atoms with E-state index in [9.17, 15) is 9.90 Å². The first kappa shape index (κ1) is 36.9. The first-order valence-electron chi connectivity index (χ1n) is 17.5. The van der Waals surface area contributed by atoms with E-state index in [4.69, 9.17) is 4.74 Å². The second kappa shape index (κ2) is 15.4. The van der Waals surface area contributed by atoms with Gasteiger partial charge in [0.2, 0.25) is 11.8 Å². The predicted molar refractivity (Wildman–Crippen MR) is 209 cm³/mol. The summed E-state index contributed by atoms with van der Waals surface area (Å²) in [5, 5.41) is 10.7. The number of fused-ring (bicyclic) bond motifs is 1. The third-order valence-corrected chi connectivity index (χ3v) is 13.7. The van der Waals surface area contributed by atoms with Crippen molar-refractivity contribution in [3.8, 4) is 5.75 Å². The smallest absolute Gasteiger partial charge is 0.251 e. The van der Waals surface area contributed by atoms with E-state index in [0.717, 1.165) is 22.4 Å². The number of halogens is 1. The van der Waals surface area contributed by atoms with Gasteiger partial charge in [0.05, 0.1) is 35.8 Å². The molecule has 1 spiro atoms. The number of likely N-dealkylation sites (tertiary alicyclic amines) is 1. The van der Waals surface area contributed by atoms with Crippen molar-refractivity contribution in [2.75, 3.05) is 36.1 Å². The van der Waals surface area contributed by atoms with Gasteiger partial charge in [0.1, 0.15) is 11.8 Å². The summed E-state index contributed by atoms with van der Waals surface area (Å²) >= 11 is 5.51. The summed E-state index contributed by atoms with van der Waals surface area (Å²) in [6, 6.07) is 21.4. The van der Waals surface area contributed by atoms with E-state index >= 15 is 9.59 Å². The number of benzene rings is 3. The molecule has 0 radical (unpaired) electrons. The van der Waals surface area contributed by atoms with Crippen LogP contribution in [0.2, 0.25) is 0 Å². The molecule has 8 nitrogen and oxygen atoms in total. The summed E-state index contributed by atoms with van der Waals surface area (Å²) in [6.07, 6.45) is 4.28. The highest BCUT2D eigenvalue weighted by molar-refractivity contribution is 9.09. The molecule has 3 unspecified atom stereocenters. The van der Waals surface area contributed by atoms with Gasteiger partial charge >= 0.3 is 0 Å². The summed E-state index contributed by atoms with van der Waals surface area (Å²) in [5.41, 5.74) is 4.27. The van der Waals surface area contributed by atoms with Crippen molar-refractivity contribution in [2.45, 2.75) is 60.5 Å². The van der Waals surface area contributed by atoms with Crippen LogP contribution in [0, 0.1) is 25.7 Å². The van der Waals surface area contributed by atoms with Crippen LogP contribution >= 0.6 is 27.7 Å². The molecule has 3 aromatic rings. The number of aryl methyl sites for hydroxylation is 2. The maximum Gasteiger partial charge on any atom is 0.251 e. The second-order valence-electron chi connectivity index (χ2n) is 13.6. The Hall–Kier alpha value is -3.86. The number of thioether (sulfide) groups is 1. The van der Waals surface area contributed by atoms with E-state index < -0.39 is 28.7 Å². The number of hydrogen-bond donors (Lipinski definition) is 1. The number of alkyl halides is 1. The Labute approximate surface area is 313 Å². The highest BCUT2D eigenvalue weighted by Gasteiger charge is 2.76. The third-order valence-electron chi connectivity index (χ3n) is 10.5. The highest BCUT2D eigenvalue weighted by atomic mass is 79.9. The summed E-state index contributed by atoms with van der Waals surface area (Å²) in [4.78, 5) is 50.4. The lowest BCUT2D eigenvalue weighted by Crippen LogP contribution is -2.58. The van der Waals surface area contributed by atoms with Gasteiger partial charge in [-0.3, -0.25) is 14.4 Å². The van der Waals surface area contributed by atoms with Gasteiger partial charge in [-0.15, -0.1) is 24.9 Å². The number of carbonyl (C=O) groups is 3. The number of carbonyl (C=O) groups excluding carboxylic acids is 3. The number of aliphatic hydroxyl groups is 1. The molecular weight excluding hydrogens is 726 g/mol. The van der Waals surface area contributed by atoms with E-state index in [2.05, 4.69) is 29.1 Å². The van der Waals surface area contributed by atoms with Crippen molar-refractivity contribution in [2.24, 2.45) is 11.8 Å². The average Bonchev–Trinajstić information content (AvgIpc) is 3.72. The van der Waals surface area contributed by atoms with Crippen LogP contribution < -0.4 is 14.5 Å². The normalized spacial score (nSPS) is 25.3. The van der Waals surface area contributed by atoms with Crippen molar-refractivity contribution in [3.63, 3.8) is 0 Å². The van der Waals surface area contributed by atoms with Crippen LogP contribution in [0.15, 0.2) is 98.1 Å². The van der Waals surface area contributed by atoms with E-state index in [-0.39, 0.29) is 47.5 Å². The second-order valence-corrected chi connectivity index (χ2v) is 16.3. The van der Waals surface area contributed by atoms with Crippen molar-refractivity contribution in [1.82, 2.24) is 4.90 Å². The van der Waals surface area contributed by atoms with Crippen LogP contribution in [-0.2, 0) is 20.8 Å². The van der Waals surface area contributed by atoms with Crippen LogP contribution in [0.25, 0.3) is 0 Å². The topological polar surface area (TPSA) is 90.4 Å². The van der Waals surface area contributed by atoms with Crippen LogP contribution in [0.4, 0.5) is 11.4 Å². The van der Waals surface area contributed by atoms with Gasteiger partial charge in [0, 0.05) is 34.5 Å². The molecule has 6 rings (SSSR count). The van der Waals surface area contributed by atoms with Crippen molar-refractivity contribution in [3.05, 3.63) is 115 Å². The van der Waals surface area contributed by atoms with Crippen LogP contribution in [0.3, 0.4) is 0 Å². The quantitative estimate of drug-likeness (QED) is 0.149. The SMILES string of the molecule is C=CCN(C(=O)[C@H]1[C@@H]2SC3(CC2Br)C(C(=O)N(CC=C)c2c(C)cccc2C)N([C@@H](CO)Cc2ccccc2)C(=O)[C@H]13)c1ccc(OCC)cc1. The molecule has 268 valence electrons. The Morgan fingerprint density at radius 3 is 2.25 bits per heavy atom. The van der Waals surface area contributed by atoms with Crippen molar-refractivity contribution in [1.29, 1.82) is 0 Å². The minimum absolute atomic E-state index is 0.114. The number of rotatable bonds is 14. The zero-order valence-corrected chi connectivity index (χ0v) is 31.8. The average molecular weight is 773 g/mol. The molecule has 3 amide bonds. The van der Waals surface area contributed by atoms with Gasteiger partial charge in [-0.05, 0) is 74.6 Å². The molecule has 0 saturated carbocycles. The minimum atomic E-state index is -0.930. The maximum absolute atomic E-state index is 15.4. The molecule has 3 aliphatic heterocycles. The Bertz CT molecular complexity index is 1770. The summed E-state index contributed by atoms with van der Waals surface area (Å²) in [5.74, 6) is -1.46. The molecule has 3 aliphatic rings. The third kappa shape index (κ3) is 6.55. The molecule has 3 heterocycles. The van der Waals surface area contributed by atoms with Gasteiger partial charge < -0.3 is 24.5 Å². The van der Waals surface area contributed by atoms with E-state index in [0.29, 0.717) is 30.9 Å². The molecule has 10 heteroatoms. The molecule has 3 fully saturated rings. The van der Waals surface area contributed by atoms with Gasteiger partial charge in [-0.25, -0.2) is 0 Å². The Kier molecular flexibility index (Phi) is 11.1. The largest absolute Gasteiger partial charge is 0.494 e. The minimum Gasteiger partial charge on any atom is -0.494 e. The fraction of sp³-hybridized carbons (Fsp3) is 0.390. The molecule has 0 aromatic heterocycles. The number of amides is 3. The molecule has 2 bridgehead atoms.